The first-order chi connectivity index (χ1) is 12.7. The van der Waals surface area contributed by atoms with Crippen LogP contribution in [0.3, 0.4) is 0 Å². The van der Waals surface area contributed by atoms with E-state index in [2.05, 4.69) is 4.98 Å². The largest absolute Gasteiger partial charge is 0.507 e. The molecule has 0 radical (unpaired) electrons. The lowest BCUT2D eigenvalue weighted by molar-refractivity contribution is 0.454. The van der Waals surface area contributed by atoms with Crippen LogP contribution in [0.4, 0.5) is 0 Å². The number of aliphatic hydroxyl groups excluding tert-OH is 1. The molecule has 130 valence electrons. The normalized spacial score (nSPS) is 18.3. The predicted octanol–water partition coefficient (Wildman–Crippen LogP) is 4.69. The van der Waals surface area contributed by atoms with E-state index in [1.165, 1.54) is 0 Å². The Kier molecular flexibility index (Phi) is 4.17. The molecule has 0 amide bonds. The highest BCUT2D eigenvalue weighted by Crippen LogP contribution is 2.35. The van der Waals surface area contributed by atoms with Crippen LogP contribution < -0.4 is 5.56 Å². The Labute approximate surface area is 152 Å². The minimum atomic E-state index is -0.0632. The molecule has 1 aliphatic rings. The summed E-state index contributed by atoms with van der Waals surface area (Å²) in [5.41, 5.74) is 2.85. The van der Waals surface area contributed by atoms with E-state index in [-0.39, 0.29) is 17.4 Å². The van der Waals surface area contributed by atoms with Gasteiger partial charge in [-0.3, -0.25) is 9.36 Å². The van der Waals surface area contributed by atoms with Crippen molar-refractivity contribution >= 4 is 11.3 Å². The summed E-state index contributed by atoms with van der Waals surface area (Å²) in [5.74, 6) is 0.764. The zero-order valence-corrected chi connectivity index (χ0v) is 14.6. The molecule has 26 heavy (non-hydrogen) atoms. The Balaban J connectivity index is 1.91. The summed E-state index contributed by atoms with van der Waals surface area (Å²) in [6, 6.07) is 19.0. The minimum absolute atomic E-state index is 0.0426. The summed E-state index contributed by atoms with van der Waals surface area (Å²) < 4.78 is 1.72. The van der Waals surface area contributed by atoms with Gasteiger partial charge in [-0.15, -0.1) is 0 Å². The van der Waals surface area contributed by atoms with Gasteiger partial charge < -0.3 is 5.11 Å². The molecular formula is C22H20N2O2. The van der Waals surface area contributed by atoms with Crippen molar-refractivity contribution in [2.45, 2.75) is 25.8 Å². The van der Waals surface area contributed by atoms with Gasteiger partial charge in [-0.05, 0) is 25.3 Å². The average molecular weight is 344 g/mol. The SMILES string of the molecule is CC1CC/C(=C(/O)c2ccccc2)c2ncc(-c3ccccc3)c(=O)n21. The molecule has 0 fully saturated rings. The molecular weight excluding hydrogens is 324 g/mol. The van der Waals surface area contributed by atoms with Crippen LogP contribution in [0.15, 0.2) is 71.7 Å². The fourth-order valence-electron chi connectivity index (χ4n) is 3.51. The number of nitrogens with zero attached hydrogens (tertiary/aromatic N) is 2. The van der Waals surface area contributed by atoms with Crippen LogP contribution in [-0.4, -0.2) is 14.7 Å². The second kappa shape index (κ2) is 6.64. The Morgan fingerprint density at radius 2 is 1.73 bits per heavy atom. The van der Waals surface area contributed by atoms with Gasteiger partial charge in [0.15, 0.2) is 0 Å². The fourth-order valence-corrected chi connectivity index (χ4v) is 3.51. The molecule has 1 aromatic heterocycles. The number of fused-ring (bicyclic) bond motifs is 1. The van der Waals surface area contributed by atoms with E-state index in [0.717, 1.165) is 23.1 Å². The molecule has 4 heteroatoms. The zero-order chi connectivity index (χ0) is 18.1. The van der Waals surface area contributed by atoms with E-state index in [0.29, 0.717) is 17.8 Å². The summed E-state index contributed by atoms with van der Waals surface area (Å²) >= 11 is 0. The van der Waals surface area contributed by atoms with Crippen LogP contribution in [-0.2, 0) is 0 Å². The second-order valence-corrected chi connectivity index (χ2v) is 6.62. The number of rotatable bonds is 2. The van der Waals surface area contributed by atoms with Crippen LogP contribution in [0.2, 0.25) is 0 Å². The van der Waals surface area contributed by atoms with Gasteiger partial charge in [-0.2, -0.15) is 0 Å². The minimum Gasteiger partial charge on any atom is -0.507 e. The van der Waals surface area contributed by atoms with E-state index in [1.807, 2.05) is 67.6 Å². The van der Waals surface area contributed by atoms with Crippen molar-refractivity contribution in [1.29, 1.82) is 0 Å². The average Bonchev–Trinajstić information content (AvgIpc) is 2.69. The molecule has 2 heterocycles. The Morgan fingerprint density at radius 3 is 2.42 bits per heavy atom. The van der Waals surface area contributed by atoms with Crippen LogP contribution >= 0.6 is 0 Å². The van der Waals surface area contributed by atoms with Gasteiger partial charge in [0.1, 0.15) is 11.6 Å². The predicted molar refractivity (Wildman–Crippen MR) is 104 cm³/mol. The Morgan fingerprint density at radius 1 is 1.08 bits per heavy atom. The molecule has 0 spiro atoms. The van der Waals surface area contributed by atoms with Gasteiger partial charge in [0.05, 0.1) is 5.56 Å². The van der Waals surface area contributed by atoms with Crippen molar-refractivity contribution < 1.29 is 5.11 Å². The topological polar surface area (TPSA) is 55.1 Å². The first-order valence-electron chi connectivity index (χ1n) is 8.81. The van der Waals surface area contributed by atoms with Crippen molar-refractivity contribution in [3.8, 4) is 11.1 Å². The van der Waals surface area contributed by atoms with Crippen LogP contribution in [0.5, 0.6) is 0 Å². The number of allylic oxidation sites excluding steroid dienone is 1. The summed E-state index contributed by atoms with van der Waals surface area (Å²) in [6.45, 7) is 2.03. The van der Waals surface area contributed by atoms with E-state index in [9.17, 15) is 9.90 Å². The molecule has 1 atom stereocenters. The monoisotopic (exact) mass is 344 g/mol. The summed E-state index contributed by atoms with van der Waals surface area (Å²) in [7, 11) is 0. The Bertz CT molecular complexity index is 1020. The number of hydrogen-bond acceptors (Lipinski definition) is 3. The van der Waals surface area contributed by atoms with Crippen molar-refractivity contribution in [3.05, 3.63) is 88.6 Å². The standard InChI is InChI=1S/C22H20N2O2/c1-15-12-13-18(20(25)17-10-6-3-7-11-17)21-23-14-19(22(26)24(15)21)16-8-4-2-5-9-16/h2-11,14-15,25H,12-13H2,1H3/b20-18-. The number of aromatic nitrogens is 2. The highest BCUT2D eigenvalue weighted by Gasteiger charge is 2.26. The van der Waals surface area contributed by atoms with Crippen LogP contribution in [0, 0.1) is 0 Å². The maximum Gasteiger partial charge on any atom is 0.261 e. The van der Waals surface area contributed by atoms with Crippen LogP contribution in [0.1, 0.15) is 37.2 Å². The van der Waals surface area contributed by atoms with Gasteiger partial charge in [0.25, 0.3) is 5.56 Å². The molecule has 0 saturated heterocycles. The quantitative estimate of drug-likeness (QED) is 0.686. The molecule has 1 aliphatic heterocycles. The molecule has 0 saturated carbocycles. The lowest BCUT2D eigenvalue weighted by Gasteiger charge is -2.27. The van der Waals surface area contributed by atoms with E-state index < -0.39 is 0 Å². The second-order valence-electron chi connectivity index (χ2n) is 6.62. The van der Waals surface area contributed by atoms with Gasteiger partial charge in [-0.25, -0.2) is 4.98 Å². The maximum atomic E-state index is 13.1. The van der Waals surface area contributed by atoms with Crippen molar-refractivity contribution in [1.82, 2.24) is 9.55 Å². The Hall–Kier alpha value is -3.14. The maximum absolute atomic E-state index is 13.1. The van der Waals surface area contributed by atoms with Crippen molar-refractivity contribution in [2.75, 3.05) is 0 Å². The molecule has 3 aromatic rings. The lowest BCUT2D eigenvalue weighted by Crippen LogP contribution is -2.31. The van der Waals surface area contributed by atoms with Crippen molar-refractivity contribution in [2.24, 2.45) is 0 Å². The third-order valence-corrected chi connectivity index (χ3v) is 4.93. The molecule has 1 N–H and O–H groups in total. The number of aliphatic hydroxyl groups is 1. The molecule has 0 bridgehead atoms. The first kappa shape index (κ1) is 16.3. The van der Waals surface area contributed by atoms with Crippen LogP contribution in [0.25, 0.3) is 22.5 Å². The van der Waals surface area contributed by atoms with Gasteiger partial charge in [0, 0.05) is 23.4 Å². The zero-order valence-electron chi connectivity index (χ0n) is 14.6. The third-order valence-electron chi connectivity index (χ3n) is 4.93. The molecule has 2 aromatic carbocycles. The number of hydrogen-bond donors (Lipinski definition) is 1. The van der Waals surface area contributed by atoms with Gasteiger partial charge in [0.2, 0.25) is 0 Å². The fraction of sp³-hybridized carbons (Fsp3) is 0.182. The summed E-state index contributed by atoms with van der Waals surface area (Å²) in [5, 5.41) is 10.8. The third kappa shape index (κ3) is 2.73. The van der Waals surface area contributed by atoms with Gasteiger partial charge in [-0.1, -0.05) is 60.7 Å². The molecule has 1 unspecified atom stereocenters. The first-order valence-corrected chi connectivity index (χ1v) is 8.81. The lowest BCUT2D eigenvalue weighted by atomic mass is 9.96. The molecule has 0 aliphatic carbocycles. The summed E-state index contributed by atoms with van der Waals surface area (Å²) in [6.07, 6.45) is 3.11. The molecule has 4 rings (SSSR count). The highest BCUT2D eigenvalue weighted by molar-refractivity contribution is 5.85. The van der Waals surface area contributed by atoms with E-state index in [1.54, 1.807) is 10.8 Å². The highest BCUT2D eigenvalue weighted by atomic mass is 16.3. The molecule has 4 nitrogen and oxygen atoms in total. The van der Waals surface area contributed by atoms with E-state index >= 15 is 0 Å². The number of benzene rings is 2. The van der Waals surface area contributed by atoms with E-state index in [4.69, 9.17) is 0 Å². The van der Waals surface area contributed by atoms with Crippen molar-refractivity contribution in [3.63, 3.8) is 0 Å². The van der Waals surface area contributed by atoms with Gasteiger partial charge >= 0.3 is 0 Å². The summed E-state index contributed by atoms with van der Waals surface area (Å²) in [4.78, 5) is 17.7. The smallest absolute Gasteiger partial charge is 0.261 e.